The normalized spacial score (nSPS) is 12.5. The second kappa shape index (κ2) is 6.69. The highest BCUT2D eigenvalue weighted by Crippen LogP contribution is 2.27. The zero-order valence-electron chi connectivity index (χ0n) is 12.6. The molecular weight excluding hydrogens is 309 g/mol. The largest absolute Gasteiger partial charge is 0.481 e. The van der Waals surface area contributed by atoms with E-state index in [2.05, 4.69) is 17.3 Å². The SMILES string of the molecule is COc1c(CN[C@H](C)c2ccc(Cl)cc2Cl)c(C)nn1C. The van der Waals surface area contributed by atoms with Crippen LogP contribution < -0.4 is 10.1 Å². The van der Waals surface area contributed by atoms with E-state index < -0.39 is 0 Å². The van der Waals surface area contributed by atoms with E-state index in [1.165, 1.54) is 0 Å². The van der Waals surface area contributed by atoms with Crippen LogP contribution >= 0.6 is 23.2 Å². The molecule has 1 heterocycles. The number of ether oxygens (including phenoxy) is 1. The molecule has 0 aliphatic heterocycles. The molecule has 0 saturated carbocycles. The van der Waals surface area contributed by atoms with Crippen molar-refractivity contribution in [2.45, 2.75) is 26.4 Å². The molecule has 0 unspecified atom stereocenters. The minimum absolute atomic E-state index is 0.0964. The van der Waals surface area contributed by atoms with Crippen LogP contribution in [0, 0.1) is 6.92 Å². The van der Waals surface area contributed by atoms with Crippen LogP contribution in [0.5, 0.6) is 5.88 Å². The van der Waals surface area contributed by atoms with Crippen LogP contribution in [0.2, 0.25) is 10.0 Å². The summed E-state index contributed by atoms with van der Waals surface area (Å²) in [4.78, 5) is 0. The summed E-state index contributed by atoms with van der Waals surface area (Å²) in [7, 11) is 3.52. The van der Waals surface area contributed by atoms with Gasteiger partial charge in [-0.05, 0) is 31.5 Å². The molecule has 0 amide bonds. The zero-order chi connectivity index (χ0) is 15.6. The number of nitrogens with one attached hydrogen (secondary N) is 1. The molecule has 114 valence electrons. The highest BCUT2D eigenvalue weighted by Gasteiger charge is 2.16. The highest BCUT2D eigenvalue weighted by atomic mass is 35.5. The van der Waals surface area contributed by atoms with Gasteiger partial charge in [-0.15, -0.1) is 0 Å². The van der Waals surface area contributed by atoms with Gasteiger partial charge in [0, 0.05) is 29.7 Å². The molecule has 0 saturated heterocycles. The van der Waals surface area contributed by atoms with E-state index in [4.69, 9.17) is 27.9 Å². The molecule has 1 atom stereocenters. The molecule has 1 aromatic heterocycles. The molecule has 6 heteroatoms. The first-order chi connectivity index (χ1) is 9.93. The first-order valence-electron chi connectivity index (χ1n) is 6.68. The number of hydrogen-bond acceptors (Lipinski definition) is 3. The molecule has 0 radical (unpaired) electrons. The number of benzene rings is 1. The van der Waals surface area contributed by atoms with Crippen molar-refractivity contribution >= 4 is 23.2 Å². The van der Waals surface area contributed by atoms with Gasteiger partial charge in [-0.1, -0.05) is 29.3 Å². The lowest BCUT2D eigenvalue weighted by atomic mass is 10.1. The van der Waals surface area contributed by atoms with Crippen LogP contribution in [0.15, 0.2) is 18.2 Å². The van der Waals surface area contributed by atoms with Crippen molar-refractivity contribution in [3.8, 4) is 5.88 Å². The summed E-state index contributed by atoms with van der Waals surface area (Å²) in [6.45, 7) is 4.69. The fourth-order valence-electron chi connectivity index (χ4n) is 2.36. The van der Waals surface area contributed by atoms with Crippen LogP contribution in [-0.2, 0) is 13.6 Å². The van der Waals surface area contributed by atoms with Gasteiger partial charge in [-0.25, -0.2) is 4.68 Å². The summed E-state index contributed by atoms with van der Waals surface area (Å²) >= 11 is 12.2. The van der Waals surface area contributed by atoms with Crippen molar-refractivity contribution in [3.63, 3.8) is 0 Å². The highest BCUT2D eigenvalue weighted by molar-refractivity contribution is 6.35. The first-order valence-corrected chi connectivity index (χ1v) is 7.44. The molecule has 21 heavy (non-hydrogen) atoms. The van der Waals surface area contributed by atoms with Crippen LogP contribution in [-0.4, -0.2) is 16.9 Å². The average molecular weight is 328 g/mol. The molecule has 2 aromatic rings. The molecular formula is C15H19Cl2N3O. The van der Waals surface area contributed by atoms with E-state index in [1.807, 2.05) is 26.1 Å². The average Bonchev–Trinajstić information content (AvgIpc) is 2.69. The number of aryl methyl sites for hydroxylation is 2. The lowest BCUT2D eigenvalue weighted by molar-refractivity contribution is 0.367. The Balaban J connectivity index is 2.12. The maximum absolute atomic E-state index is 6.23. The van der Waals surface area contributed by atoms with E-state index >= 15 is 0 Å². The van der Waals surface area contributed by atoms with E-state index in [9.17, 15) is 0 Å². The fourth-order valence-corrected chi connectivity index (χ4v) is 2.93. The minimum atomic E-state index is 0.0964. The van der Waals surface area contributed by atoms with Gasteiger partial charge in [0.1, 0.15) is 0 Å². The van der Waals surface area contributed by atoms with Gasteiger partial charge >= 0.3 is 0 Å². The molecule has 1 N–H and O–H groups in total. The smallest absolute Gasteiger partial charge is 0.216 e. The lowest BCUT2D eigenvalue weighted by Gasteiger charge is -2.16. The summed E-state index contributed by atoms with van der Waals surface area (Å²) in [5.41, 5.74) is 3.02. The van der Waals surface area contributed by atoms with Crippen molar-refractivity contribution in [2.75, 3.05) is 7.11 Å². The zero-order valence-corrected chi connectivity index (χ0v) is 14.1. The van der Waals surface area contributed by atoms with Crippen molar-refractivity contribution in [1.29, 1.82) is 0 Å². The third kappa shape index (κ3) is 3.51. The van der Waals surface area contributed by atoms with Crippen LogP contribution in [0.25, 0.3) is 0 Å². The van der Waals surface area contributed by atoms with Crippen LogP contribution in [0.1, 0.15) is 29.8 Å². The predicted molar refractivity (Wildman–Crippen MR) is 86.2 cm³/mol. The third-order valence-corrected chi connectivity index (χ3v) is 4.06. The number of aromatic nitrogens is 2. The quantitative estimate of drug-likeness (QED) is 0.905. The Labute approximate surface area is 135 Å². The van der Waals surface area contributed by atoms with E-state index in [0.717, 1.165) is 22.7 Å². The number of halogens is 2. The third-order valence-electron chi connectivity index (χ3n) is 3.50. The second-order valence-corrected chi connectivity index (χ2v) is 5.81. The Morgan fingerprint density at radius 1 is 1.38 bits per heavy atom. The molecule has 4 nitrogen and oxygen atoms in total. The van der Waals surface area contributed by atoms with Gasteiger partial charge in [0.25, 0.3) is 0 Å². The van der Waals surface area contributed by atoms with Crippen LogP contribution in [0.4, 0.5) is 0 Å². The maximum atomic E-state index is 6.23. The molecule has 0 bridgehead atoms. The lowest BCUT2D eigenvalue weighted by Crippen LogP contribution is -2.19. The van der Waals surface area contributed by atoms with Gasteiger partial charge in [-0.2, -0.15) is 5.10 Å². The predicted octanol–water partition coefficient (Wildman–Crippen LogP) is 3.89. The summed E-state index contributed by atoms with van der Waals surface area (Å²) < 4.78 is 7.13. The minimum Gasteiger partial charge on any atom is -0.481 e. The summed E-state index contributed by atoms with van der Waals surface area (Å²) in [5, 5.41) is 9.12. The van der Waals surface area contributed by atoms with Gasteiger partial charge in [0.15, 0.2) is 0 Å². The van der Waals surface area contributed by atoms with Gasteiger partial charge in [0.2, 0.25) is 5.88 Å². The summed E-state index contributed by atoms with van der Waals surface area (Å²) in [6.07, 6.45) is 0. The Morgan fingerprint density at radius 3 is 2.71 bits per heavy atom. The van der Waals surface area contributed by atoms with Crippen molar-refractivity contribution < 1.29 is 4.74 Å². The number of nitrogens with zero attached hydrogens (tertiary/aromatic N) is 2. The molecule has 2 rings (SSSR count). The van der Waals surface area contributed by atoms with E-state index in [0.29, 0.717) is 16.6 Å². The number of methoxy groups -OCH3 is 1. The Kier molecular flexibility index (Phi) is 5.14. The van der Waals surface area contributed by atoms with E-state index in [-0.39, 0.29) is 6.04 Å². The summed E-state index contributed by atoms with van der Waals surface area (Å²) in [5.74, 6) is 0.773. The van der Waals surface area contributed by atoms with Crippen LogP contribution in [0.3, 0.4) is 0 Å². The number of rotatable bonds is 5. The fraction of sp³-hybridized carbons (Fsp3) is 0.400. The van der Waals surface area contributed by atoms with Crippen molar-refractivity contribution in [3.05, 3.63) is 45.1 Å². The van der Waals surface area contributed by atoms with E-state index in [1.54, 1.807) is 17.9 Å². The Hall–Kier alpha value is -1.23. The van der Waals surface area contributed by atoms with Gasteiger partial charge in [-0.3, -0.25) is 0 Å². The van der Waals surface area contributed by atoms with Crippen molar-refractivity contribution in [2.24, 2.45) is 7.05 Å². The molecule has 0 aliphatic rings. The molecule has 0 spiro atoms. The standard InChI is InChI=1S/C15H19Cl2N3O/c1-9(12-6-5-11(16)7-14(12)17)18-8-13-10(2)19-20(3)15(13)21-4/h5-7,9,18H,8H2,1-4H3/t9-/m1/s1. The number of hydrogen-bond donors (Lipinski definition) is 1. The topological polar surface area (TPSA) is 39.1 Å². The van der Waals surface area contributed by atoms with Crippen molar-refractivity contribution in [1.82, 2.24) is 15.1 Å². The maximum Gasteiger partial charge on any atom is 0.216 e. The Bertz CT molecular complexity index is 640. The molecule has 1 aromatic carbocycles. The molecule has 0 fully saturated rings. The second-order valence-electron chi connectivity index (χ2n) is 4.97. The van der Waals surface area contributed by atoms with Gasteiger partial charge in [0.05, 0.1) is 18.4 Å². The molecule has 0 aliphatic carbocycles. The Morgan fingerprint density at radius 2 is 2.10 bits per heavy atom. The van der Waals surface area contributed by atoms with Gasteiger partial charge < -0.3 is 10.1 Å². The summed E-state index contributed by atoms with van der Waals surface area (Å²) in [6, 6.07) is 5.64. The first kappa shape index (κ1) is 16.1. The monoisotopic (exact) mass is 327 g/mol.